The van der Waals surface area contributed by atoms with Crippen molar-refractivity contribution in [2.45, 2.75) is 0 Å². The number of hydrogen-bond acceptors (Lipinski definition) is 2. The molecule has 1 aliphatic heterocycles. The fourth-order valence-corrected chi connectivity index (χ4v) is 3.36. The molecule has 20 heavy (non-hydrogen) atoms. The van der Waals surface area contributed by atoms with Crippen molar-refractivity contribution in [1.29, 1.82) is 0 Å². The highest BCUT2D eigenvalue weighted by molar-refractivity contribution is 7.95. The van der Waals surface area contributed by atoms with E-state index in [0.29, 0.717) is 10.4 Å². The molecule has 0 aromatic heterocycles. The number of nitrogens with zero attached hydrogens (tertiary/aromatic N) is 1. The second kappa shape index (κ2) is 4.14. The van der Waals surface area contributed by atoms with E-state index in [9.17, 15) is 21.6 Å². The first-order valence-electron chi connectivity index (χ1n) is 5.47. The Hall–Kier alpha value is -2.22. The third kappa shape index (κ3) is 1.80. The summed E-state index contributed by atoms with van der Waals surface area (Å²) in [7, 11) is -4.18. The molecule has 3 rings (SSSR count). The summed E-state index contributed by atoms with van der Waals surface area (Å²) >= 11 is 0. The van der Waals surface area contributed by atoms with Crippen LogP contribution in [-0.4, -0.2) is 8.42 Å². The van der Waals surface area contributed by atoms with Crippen LogP contribution in [0.3, 0.4) is 0 Å². The number of halogens is 3. The number of hydrogen-bond donors (Lipinski definition) is 1. The summed E-state index contributed by atoms with van der Waals surface area (Å²) < 4.78 is 66.8. The van der Waals surface area contributed by atoms with Crippen LogP contribution in [0.15, 0.2) is 36.4 Å². The van der Waals surface area contributed by atoms with Crippen molar-refractivity contribution < 1.29 is 21.6 Å². The zero-order valence-corrected chi connectivity index (χ0v) is 10.6. The number of rotatable bonds is 1. The van der Waals surface area contributed by atoms with E-state index in [1.165, 1.54) is 12.1 Å². The first-order valence-corrected chi connectivity index (χ1v) is 6.91. The molecular formula is C12H7F3N2O2S. The molecule has 0 unspecified atom stereocenters. The van der Waals surface area contributed by atoms with Crippen molar-refractivity contribution in [2.24, 2.45) is 0 Å². The zero-order chi connectivity index (χ0) is 14.5. The van der Waals surface area contributed by atoms with Crippen LogP contribution in [0.5, 0.6) is 0 Å². The van der Waals surface area contributed by atoms with E-state index in [-0.39, 0.29) is 17.1 Å². The van der Waals surface area contributed by atoms with Crippen molar-refractivity contribution in [3.8, 4) is 0 Å². The summed E-state index contributed by atoms with van der Waals surface area (Å²) in [6.45, 7) is 0. The van der Waals surface area contributed by atoms with E-state index in [4.69, 9.17) is 0 Å². The van der Waals surface area contributed by atoms with Crippen LogP contribution in [0.2, 0.25) is 0 Å². The van der Waals surface area contributed by atoms with Gasteiger partial charge in [-0.3, -0.25) is 4.72 Å². The van der Waals surface area contributed by atoms with Gasteiger partial charge in [0.15, 0.2) is 5.82 Å². The molecule has 8 heteroatoms. The van der Waals surface area contributed by atoms with Gasteiger partial charge in [0, 0.05) is 6.07 Å². The van der Waals surface area contributed by atoms with Crippen molar-refractivity contribution in [1.82, 2.24) is 0 Å². The van der Waals surface area contributed by atoms with Gasteiger partial charge in [0.25, 0.3) is 0 Å². The highest BCUT2D eigenvalue weighted by Crippen LogP contribution is 2.43. The normalized spacial score (nSPS) is 15.8. The molecule has 1 aliphatic rings. The molecule has 1 N–H and O–H groups in total. The summed E-state index contributed by atoms with van der Waals surface area (Å²) in [5.41, 5.74) is -0.713. The van der Waals surface area contributed by atoms with Crippen LogP contribution in [0.25, 0.3) is 0 Å². The van der Waals surface area contributed by atoms with E-state index in [0.717, 1.165) is 18.2 Å². The molecule has 0 bridgehead atoms. The standard InChI is InChI=1S/C12H7F3N2O2S/c13-7-4-5-10(9(15)6-7)17-11-3-1-2-8(14)12(11)16-20(17,18)19/h1-6,16H. The fourth-order valence-electron chi connectivity index (χ4n) is 1.99. The Bertz CT molecular complexity index is 808. The minimum Gasteiger partial charge on any atom is -0.261 e. The van der Waals surface area contributed by atoms with Crippen molar-refractivity contribution >= 4 is 27.3 Å². The Kier molecular flexibility index (Phi) is 2.65. The molecule has 2 aromatic rings. The van der Waals surface area contributed by atoms with E-state index in [1.54, 1.807) is 0 Å². The molecule has 0 spiro atoms. The third-order valence-corrected chi connectivity index (χ3v) is 4.15. The van der Waals surface area contributed by atoms with Gasteiger partial charge in [-0.25, -0.2) is 17.5 Å². The van der Waals surface area contributed by atoms with Gasteiger partial charge in [-0.2, -0.15) is 8.42 Å². The van der Waals surface area contributed by atoms with E-state index in [1.807, 2.05) is 4.72 Å². The van der Waals surface area contributed by atoms with Crippen LogP contribution in [0.4, 0.5) is 30.2 Å². The second-order valence-electron chi connectivity index (χ2n) is 4.10. The summed E-state index contributed by atoms with van der Waals surface area (Å²) in [6, 6.07) is 6.15. The Morgan fingerprint density at radius 1 is 0.950 bits per heavy atom. The summed E-state index contributed by atoms with van der Waals surface area (Å²) in [5, 5.41) is 0. The Balaban J connectivity index is 2.26. The molecule has 0 saturated carbocycles. The van der Waals surface area contributed by atoms with Crippen LogP contribution in [-0.2, 0) is 10.2 Å². The lowest BCUT2D eigenvalue weighted by Gasteiger charge is -2.17. The Morgan fingerprint density at radius 3 is 2.40 bits per heavy atom. The summed E-state index contributed by atoms with van der Waals surface area (Å²) in [4.78, 5) is 0. The maximum Gasteiger partial charge on any atom is 0.328 e. The molecule has 1 heterocycles. The monoisotopic (exact) mass is 300 g/mol. The minimum atomic E-state index is -4.18. The fraction of sp³-hybridized carbons (Fsp3) is 0. The predicted molar refractivity (Wildman–Crippen MR) is 67.4 cm³/mol. The molecule has 104 valence electrons. The molecule has 0 radical (unpaired) electrons. The maximum absolute atomic E-state index is 13.8. The highest BCUT2D eigenvalue weighted by Gasteiger charge is 2.37. The lowest BCUT2D eigenvalue weighted by atomic mass is 10.2. The molecular weight excluding hydrogens is 293 g/mol. The number of nitrogens with one attached hydrogen (secondary N) is 1. The summed E-state index contributed by atoms with van der Waals surface area (Å²) in [6.07, 6.45) is 0. The molecule has 0 aliphatic carbocycles. The number of benzene rings is 2. The molecule has 0 fully saturated rings. The van der Waals surface area contributed by atoms with Gasteiger partial charge in [0.05, 0.1) is 11.4 Å². The van der Waals surface area contributed by atoms with Crippen LogP contribution in [0, 0.1) is 17.5 Å². The van der Waals surface area contributed by atoms with Crippen LogP contribution < -0.4 is 9.03 Å². The van der Waals surface area contributed by atoms with E-state index < -0.39 is 27.7 Å². The first-order chi connectivity index (χ1) is 9.40. The van der Waals surface area contributed by atoms with Gasteiger partial charge in [-0.1, -0.05) is 6.07 Å². The number of para-hydroxylation sites is 1. The average Bonchev–Trinajstić information content (AvgIpc) is 2.62. The number of anilines is 3. The van der Waals surface area contributed by atoms with Gasteiger partial charge in [-0.05, 0) is 24.3 Å². The highest BCUT2D eigenvalue weighted by atomic mass is 32.2. The SMILES string of the molecule is O=S1(=O)Nc2c(F)cccc2N1c1ccc(F)cc1F. The van der Waals surface area contributed by atoms with Gasteiger partial charge < -0.3 is 0 Å². The van der Waals surface area contributed by atoms with Gasteiger partial charge in [-0.15, -0.1) is 0 Å². The lowest BCUT2D eigenvalue weighted by molar-refractivity contribution is 0.580. The van der Waals surface area contributed by atoms with E-state index >= 15 is 0 Å². The van der Waals surface area contributed by atoms with Crippen molar-refractivity contribution in [3.05, 3.63) is 53.8 Å². The quantitative estimate of drug-likeness (QED) is 0.880. The van der Waals surface area contributed by atoms with Crippen molar-refractivity contribution in [3.63, 3.8) is 0 Å². The smallest absolute Gasteiger partial charge is 0.261 e. The third-order valence-electron chi connectivity index (χ3n) is 2.81. The summed E-state index contributed by atoms with van der Waals surface area (Å²) in [5.74, 6) is -2.68. The largest absolute Gasteiger partial charge is 0.328 e. The topological polar surface area (TPSA) is 49.4 Å². The molecule has 2 aromatic carbocycles. The van der Waals surface area contributed by atoms with Crippen LogP contribution in [0.1, 0.15) is 0 Å². The maximum atomic E-state index is 13.8. The lowest BCUT2D eigenvalue weighted by Crippen LogP contribution is -2.26. The van der Waals surface area contributed by atoms with Gasteiger partial charge >= 0.3 is 10.2 Å². The predicted octanol–water partition coefficient (Wildman–Crippen LogP) is 2.91. The van der Waals surface area contributed by atoms with Gasteiger partial charge in [0.2, 0.25) is 0 Å². The van der Waals surface area contributed by atoms with Crippen molar-refractivity contribution in [2.75, 3.05) is 9.03 Å². The Labute approximate surface area is 112 Å². The molecule has 0 saturated heterocycles. The zero-order valence-electron chi connectivity index (χ0n) is 9.77. The minimum absolute atomic E-state index is 0.0597. The van der Waals surface area contributed by atoms with Crippen LogP contribution >= 0.6 is 0 Å². The Morgan fingerprint density at radius 2 is 1.70 bits per heavy atom. The molecule has 0 atom stereocenters. The molecule has 4 nitrogen and oxygen atoms in total. The van der Waals surface area contributed by atoms with Gasteiger partial charge in [0.1, 0.15) is 17.3 Å². The molecule has 0 amide bonds. The van der Waals surface area contributed by atoms with E-state index in [2.05, 4.69) is 0 Å². The first kappa shape index (κ1) is 12.8. The average molecular weight is 300 g/mol. The second-order valence-corrected chi connectivity index (χ2v) is 5.62. The number of fused-ring (bicyclic) bond motifs is 1.